The summed E-state index contributed by atoms with van der Waals surface area (Å²) < 4.78 is 0. The molecule has 1 atom stereocenters. The summed E-state index contributed by atoms with van der Waals surface area (Å²) in [7, 11) is 0. The molecule has 0 aromatic heterocycles. The van der Waals surface area contributed by atoms with E-state index in [1.807, 2.05) is 6.92 Å². The number of carboxylic acids is 1. The van der Waals surface area contributed by atoms with Gasteiger partial charge in [-0.15, -0.1) is 0 Å². The molecule has 2 aliphatic heterocycles. The highest BCUT2D eigenvalue weighted by Crippen LogP contribution is 2.35. The monoisotopic (exact) mass is 268 g/mol. The predicted octanol–water partition coefficient (Wildman–Crippen LogP) is 0.368. The lowest BCUT2D eigenvalue weighted by molar-refractivity contribution is -0.155. The fraction of sp³-hybridized carbons (Fsp3) is 0.769. The second-order valence-electron chi connectivity index (χ2n) is 5.42. The molecule has 2 amide bonds. The number of nitrogens with one attached hydrogen (secondary N) is 1. The molecule has 2 aliphatic rings. The molecular formula is C13H20N2O4. The summed E-state index contributed by atoms with van der Waals surface area (Å²) in [6.45, 7) is 2.81. The van der Waals surface area contributed by atoms with Crippen LogP contribution in [0.4, 0.5) is 0 Å². The van der Waals surface area contributed by atoms with Gasteiger partial charge in [0.1, 0.15) is 6.04 Å². The van der Waals surface area contributed by atoms with Crippen molar-refractivity contribution in [3.8, 4) is 0 Å². The minimum atomic E-state index is -0.767. The predicted molar refractivity (Wildman–Crippen MR) is 67.3 cm³/mol. The van der Waals surface area contributed by atoms with Gasteiger partial charge in [-0.25, -0.2) is 0 Å². The normalized spacial score (nSPS) is 26.1. The molecule has 106 valence electrons. The van der Waals surface area contributed by atoms with E-state index in [0.717, 1.165) is 0 Å². The zero-order valence-corrected chi connectivity index (χ0v) is 11.1. The van der Waals surface area contributed by atoms with Crippen molar-refractivity contribution in [3.05, 3.63) is 0 Å². The number of rotatable bonds is 3. The van der Waals surface area contributed by atoms with Crippen LogP contribution in [0.1, 0.15) is 39.0 Å². The highest BCUT2D eigenvalue weighted by molar-refractivity contribution is 5.91. The Morgan fingerprint density at radius 2 is 2.05 bits per heavy atom. The molecule has 19 heavy (non-hydrogen) atoms. The molecule has 1 unspecified atom stereocenters. The Labute approximate surface area is 112 Å². The third kappa shape index (κ3) is 2.57. The highest BCUT2D eigenvalue weighted by atomic mass is 16.4. The SMILES string of the molecule is CCC1(C(=O)O)CCN(C(=O)C2CCC(=O)N2)CC1. The van der Waals surface area contributed by atoms with E-state index in [2.05, 4.69) is 5.32 Å². The standard InChI is InChI=1S/C13H20N2O4/c1-2-13(12(18)19)5-7-15(8-6-13)11(17)9-3-4-10(16)14-9/h9H,2-8H2,1H3,(H,14,16)(H,18,19). The number of aliphatic carboxylic acids is 1. The Morgan fingerprint density at radius 3 is 2.47 bits per heavy atom. The lowest BCUT2D eigenvalue weighted by Gasteiger charge is -2.39. The van der Waals surface area contributed by atoms with Crippen molar-refractivity contribution < 1.29 is 19.5 Å². The zero-order valence-electron chi connectivity index (χ0n) is 11.1. The maximum absolute atomic E-state index is 12.2. The molecule has 2 saturated heterocycles. The van der Waals surface area contributed by atoms with Crippen LogP contribution in [0.5, 0.6) is 0 Å². The highest BCUT2D eigenvalue weighted by Gasteiger charge is 2.42. The summed E-state index contributed by atoms with van der Waals surface area (Å²) >= 11 is 0. The van der Waals surface area contributed by atoms with Crippen LogP contribution in [-0.2, 0) is 14.4 Å². The molecule has 2 rings (SSSR count). The number of piperidine rings is 1. The third-order valence-corrected chi connectivity index (χ3v) is 4.46. The molecular weight excluding hydrogens is 248 g/mol. The maximum Gasteiger partial charge on any atom is 0.309 e. The van der Waals surface area contributed by atoms with Gasteiger partial charge in [0.2, 0.25) is 11.8 Å². The lowest BCUT2D eigenvalue weighted by atomic mass is 9.76. The van der Waals surface area contributed by atoms with Gasteiger partial charge in [0.15, 0.2) is 0 Å². The molecule has 2 N–H and O–H groups in total. The van der Waals surface area contributed by atoms with E-state index in [1.165, 1.54) is 0 Å². The summed E-state index contributed by atoms with van der Waals surface area (Å²) in [5, 5.41) is 12.0. The van der Waals surface area contributed by atoms with E-state index >= 15 is 0 Å². The van der Waals surface area contributed by atoms with E-state index in [1.54, 1.807) is 4.90 Å². The number of likely N-dealkylation sites (tertiary alicyclic amines) is 1. The first-order valence-corrected chi connectivity index (χ1v) is 6.80. The first-order valence-electron chi connectivity index (χ1n) is 6.80. The molecule has 0 aromatic carbocycles. The number of carbonyl (C=O) groups is 3. The average molecular weight is 268 g/mol. The van der Waals surface area contributed by atoms with Crippen LogP contribution in [0.25, 0.3) is 0 Å². The van der Waals surface area contributed by atoms with Crippen molar-refractivity contribution in [1.29, 1.82) is 0 Å². The van der Waals surface area contributed by atoms with Gasteiger partial charge in [0.05, 0.1) is 5.41 Å². The van der Waals surface area contributed by atoms with Crippen molar-refractivity contribution in [1.82, 2.24) is 10.2 Å². The van der Waals surface area contributed by atoms with E-state index in [-0.39, 0.29) is 11.8 Å². The fourth-order valence-corrected chi connectivity index (χ4v) is 2.89. The molecule has 6 nitrogen and oxygen atoms in total. The first-order chi connectivity index (χ1) is 8.98. The topological polar surface area (TPSA) is 86.7 Å². The Kier molecular flexibility index (Phi) is 3.78. The summed E-state index contributed by atoms with van der Waals surface area (Å²) in [5.74, 6) is -0.916. The van der Waals surface area contributed by atoms with Crippen molar-refractivity contribution >= 4 is 17.8 Å². The van der Waals surface area contributed by atoms with Gasteiger partial charge in [-0.3, -0.25) is 14.4 Å². The van der Waals surface area contributed by atoms with Crippen LogP contribution in [0.3, 0.4) is 0 Å². The number of carboxylic acid groups (broad SMARTS) is 1. The van der Waals surface area contributed by atoms with Gasteiger partial charge in [0.25, 0.3) is 0 Å². The van der Waals surface area contributed by atoms with Crippen molar-refractivity contribution in [2.75, 3.05) is 13.1 Å². The first kappa shape index (κ1) is 13.8. The van der Waals surface area contributed by atoms with Gasteiger partial charge in [-0.2, -0.15) is 0 Å². The molecule has 0 aliphatic carbocycles. The van der Waals surface area contributed by atoms with Crippen LogP contribution >= 0.6 is 0 Å². The van der Waals surface area contributed by atoms with E-state index in [0.29, 0.717) is 45.2 Å². The smallest absolute Gasteiger partial charge is 0.309 e. The number of hydrogen-bond acceptors (Lipinski definition) is 3. The number of amides is 2. The number of carbonyl (C=O) groups excluding carboxylic acids is 2. The minimum absolute atomic E-state index is 0.0686. The zero-order chi connectivity index (χ0) is 14.0. The van der Waals surface area contributed by atoms with Crippen LogP contribution in [-0.4, -0.2) is 46.9 Å². The van der Waals surface area contributed by atoms with Crippen molar-refractivity contribution in [3.63, 3.8) is 0 Å². The summed E-state index contributed by atoms with van der Waals surface area (Å²) in [5.41, 5.74) is -0.685. The van der Waals surface area contributed by atoms with Crippen LogP contribution in [0.15, 0.2) is 0 Å². The lowest BCUT2D eigenvalue weighted by Crippen LogP contribution is -2.51. The van der Waals surface area contributed by atoms with Gasteiger partial charge in [-0.1, -0.05) is 6.92 Å². The Bertz CT molecular complexity index is 399. The minimum Gasteiger partial charge on any atom is -0.481 e. The molecule has 6 heteroatoms. The van der Waals surface area contributed by atoms with Crippen molar-refractivity contribution in [2.24, 2.45) is 5.41 Å². The van der Waals surface area contributed by atoms with Gasteiger partial charge in [-0.05, 0) is 25.7 Å². The molecule has 0 spiro atoms. The average Bonchev–Trinajstić information content (AvgIpc) is 2.84. The van der Waals surface area contributed by atoms with E-state index < -0.39 is 17.4 Å². The molecule has 0 bridgehead atoms. The molecule has 0 saturated carbocycles. The van der Waals surface area contributed by atoms with Gasteiger partial charge >= 0.3 is 5.97 Å². The summed E-state index contributed by atoms with van der Waals surface area (Å²) in [4.78, 5) is 36.3. The van der Waals surface area contributed by atoms with Crippen LogP contribution in [0.2, 0.25) is 0 Å². The molecule has 0 aromatic rings. The van der Waals surface area contributed by atoms with Gasteiger partial charge < -0.3 is 15.3 Å². The van der Waals surface area contributed by atoms with E-state index in [9.17, 15) is 19.5 Å². The number of nitrogens with zero attached hydrogens (tertiary/aromatic N) is 1. The molecule has 2 heterocycles. The number of hydrogen-bond donors (Lipinski definition) is 2. The quantitative estimate of drug-likeness (QED) is 0.774. The second kappa shape index (κ2) is 5.19. The van der Waals surface area contributed by atoms with E-state index in [4.69, 9.17) is 0 Å². The summed E-state index contributed by atoms with van der Waals surface area (Å²) in [6, 6.07) is -0.411. The third-order valence-electron chi connectivity index (χ3n) is 4.46. The van der Waals surface area contributed by atoms with Gasteiger partial charge in [0, 0.05) is 19.5 Å². The van der Waals surface area contributed by atoms with Crippen LogP contribution in [0, 0.1) is 5.41 Å². The maximum atomic E-state index is 12.2. The largest absolute Gasteiger partial charge is 0.481 e. The Hall–Kier alpha value is -1.59. The molecule has 2 fully saturated rings. The van der Waals surface area contributed by atoms with Crippen molar-refractivity contribution in [2.45, 2.75) is 45.1 Å². The fourth-order valence-electron chi connectivity index (χ4n) is 2.89. The second-order valence-corrected chi connectivity index (χ2v) is 5.42. The Balaban J connectivity index is 1.94. The Morgan fingerprint density at radius 1 is 1.42 bits per heavy atom. The summed E-state index contributed by atoms with van der Waals surface area (Å²) in [6.07, 6.45) is 2.52. The van der Waals surface area contributed by atoms with Crippen LogP contribution < -0.4 is 5.32 Å². The molecule has 0 radical (unpaired) electrons.